The Hall–Kier alpha value is -2.91. The summed E-state index contributed by atoms with van der Waals surface area (Å²) >= 11 is 0. The minimum Gasteiger partial charge on any atom is -0.497 e. The average molecular weight is 421 g/mol. The fraction of sp³-hybridized carbons (Fsp3) is 0.550. The summed E-state index contributed by atoms with van der Waals surface area (Å²) in [5.41, 5.74) is 0. The Labute approximate surface area is 173 Å². The Morgan fingerprint density at radius 2 is 1.93 bits per heavy atom. The molecule has 1 N–H and O–H groups in total. The van der Waals surface area contributed by atoms with Crippen molar-refractivity contribution in [1.29, 1.82) is 0 Å². The molecule has 2 atom stereocenters. The summed E-state index contributed by atoms with van der Waals surface area (Å²) in [5.74, 6) is 1.84. The normalized spacial score (nSPS) is 21.8. The van der Waals surface area contributed by atoms with Crippen LogP contribution in [0.2, 0.25) is 0 Å². The third-order valence-corrected chi connectivity index (χ3v) is 5.87. The number of anilines is 1. The van der Waals surface area contributed by atoms with Gasteiger partial charge in [-0.1, -0.05) is 0 Å². The molecule has 8 nitrogen and oxygen atoms in total. The number of carbonyl (C=O) groups excluding carboxylic acids is 1. The molecule has 10 heteroatoms. The number of aromatic nitrogens is 3. The van der Waals surface area contributed by atoms with Gasteiger partial charge in [-0.15, -0.1) is 0 Å². The van der Waals surface area contributed by atoms with Crippen LogP contribution in [0.3, 0.4) is 0 Å². The van der Waals surface area contributed by atoms with Crippen LogP contribution in [0.1, 0.15) is 25.3 Å². The van der Waals surface area contributed by atoms with Crippen LogP contribution >= 0.6 is 0 Å². The standard InChI is InChI=1S/C20H25F2N5O3/c1-29-14-2-4-15(5-3-14)30-11-18(28)26-8-6-13(7-9-26)16-10-17(19(21)22)27-20(25-16)23-12-24-27/h2-5,12-13,16-17,19H,6-11H2,1H3,(H,23,24,25)/t16-,17+/m0/s1. The summed E-state index contributed by atoms with van der Waals surface area (Å²) < 4.78 is 38.9. The molecule has 1 amide bonds. The van der Waals surface area contributed by atoms with Crippen molar-refractivity contribution in [3.05, 3.63) is 30.6 Å². The molecular weight excluding hydrogens is 396 g/mol. The number of carbonyl (C=O) groups is 1. The highest BCUT2D eigenvalue weighted by Gasteiger charge is 2.38. The van der Waals surface area contributed by atoms with E-state index in [-0.39, 0.29) is 24.5 Å². The maximum atomic E-state index is 13.5. The molecule has 30 heavy (non-hydrogen) atoms. The zero-order valence-corrected chi connectivity index (χ0v) is 16.7. The fourth-order valence-corrected chi connectivity index (χ4v) is 4.16. The van der Waals surface area contributed by atoms with Gasteiger partial charge in [0.1, 0.15) is 23.9 Å². The molecule has 0 bridgehead atoms. The molecule has 2 aromatic rings. The number of halogens is 2. The number of methoxy groups -OCH3 is 1. The van der Waals surface area contributed by atoms with Gasteiger partial charge in [0, 0.05) is 19.1 Å². The quantitative estimate of drug-likeness (QED) is 0.772. The van der Waals surface area contributed by atoms with Gasteiger partial charge < -0.3 is 19.7 Å². The number of hydrogen-bond donors (Lipinski definition) is 1. The molecule has 1 saturated heterocycles. The maximum Gasteiger partial charge on any atom is 0.260 e. The van der Waals surface area contributed by atoms with E-state index in [1.165, 1.54) is 11.0 Å². The molecule has 0 spiro atoms. The van der Waals surface area contributed by atoms with E-state index in [2.05, 4.69) is 15.4 Å². The second-order valence-corrected chi connectivity index (χ2v) is 7.60. The molecule has 0 saturated carbocycles. The topological polar surface area (TPSA) is 81.5 Å². The monoisotopic (exact) mass is 421 g/mol. The zero-order chi connectivity index (χ0) is 21.1. The van der Waals surface area contributed by atoms with Crippen molar-refractivity contribution in [2.45, 2.75) is 37.8 Å². The van der Waals surface area contributed by atoms with Crippen molar-refractivity contribution in [2.24, 2.45) is 5.92 Å². The van der Waals surface area contributed by atoms with Gasteiger partial charge in [-0.05, 0) is 49.4 Å². The molecule has 0 radical (unpaired) electrons. The van der Waals surface area contributed by atoms with Gasteiger partial charge in [0.2, 0.25) is 5.95 Å². The third kappa shape index (κ3) is 4.31. The van der Waals surface area contributed by atoms with Crippen molar-refractivity contribution in [3.8, 4) is 11.5 Å². The molecule has 1 fully saturated rings. The predicted molar refractivity (Wildman–Crippen MR) is 105 cm³/mol. The lowest BCUT2D eigenvalue weighted by Crippen LogP contribution is -2.47. The van der Waals surface area contributed by atoms with E-state index in [4.69, 9.17) is 9.47 Å². The Bertz CT molecular complexity index is 852. The number of alkyl halides is 2. The van der Waals surface area contributed by atoms with E-state index in [1.807, 2.05) is 0 Å². The number of likely N-dealkylation sites (tertiary alicyclic amines) is 1. The number of nitrogens with zero attached hydrogens (tertiary/aromatic N) is 4. The van der Waals surface area contributed by atoms with Crippen LogP contribution in [0, 0.1) is 5.92 Å². The average Bonchev–Trinajstić information content (AvgIpc) is 3.26. The summed E-state index contributed by atoms with van der Waals surface area (Å²) in [4.78, 5) is 18.3. The van der Waals surface area contributed by atoms with Gasteiger partial charge in [0.25, 0.3) is 12.3 Å². The van der Waals surface area contributed by atoms with Gasteiger partial charge in [0.15, 0.2) is 6.61 Å². The highest BCUT2D eigenvalue weighted by Crippen LogP contribution is 2.35. The van der Waals surface area contributed by atoms with Crippen LogP contribution in [0.5, 0.6) is 11.5 Å². The second kappa shape index (κ2) is 8.85. The van der Waals surface area contributed by atoms with Crippen molar-refractivity contribution >= 4 is 11.9 Å². The van der Waals surface area contributed by atoms with Crippen molar-refractivity contribution in [1.82, 2.24) is 19.7 Å². The van der Waals surface area contributed by atoms with Gasteiger partial charge in [-0.2, -0.15) is 10.1 Å². The minimum absolute atomic E-state index is 0.0325. The number of nitrogens with one attached hydrogen (secondary N) is 1. The lowest BCUT2D eigenvalue weighted by Gasteiger charge is -2.39. The first-order chi connectivity index (χ1) is 14.5. The van der Waals surface area contributed by atoms with E-state index in [0.29, 0.717) is 31.2 Å². The molecule has 2 aliphatic heterocycles. The van der Waals surface area contributed by atoms with Gasteiger partial charge in [-0.25, -0.2) is 13.5 Å². The Kier molecular flexibility index (Phi) is 6.01. The van der Waals surface area contributed by atoms with E-state index >= 15 is 0 Å². The highest BCUT2D eigenvalue weighted by atomic mass is 19.3. The first kappa shape index (κ1) is 20.4. The molecule has 0 aliphatic carbocycles. The second-order valence-electron chi connectivity index (χ2n) is 7.60. The SMILES string of the molecule is COc1ccc(OCC(=O)N2CCC([C@@H]3C[C@H](C(F)F)n4ncnc4N3)CC2)cc1. The van der Waals surface area contributed by atoms with Crippen molar-refractivity contribution < 1.29 is 23.0 Å². The molecule has 3 heterocycles. The third-order valence-electron chi connectivity index (χ3n) is 5.87. The van der Waals surface area contributed by atoms with Crippen LogP contribution < -0.4 is 14.8 Å². The highest BCUT2D eigenvalue weighted by molar-refractivity contribution is 5.77. The van der Waals surface area contributed by atoms with E-state index in [9.17, 15) is 13.6 Å². The summed E-state index contributed by atoms with van der Waals surface area (Å²) in [5, 5.41) is 7.17. The maximum absolute atomic E-state index is 13.5. The van der Waals surface area contributed by atoms with Crippen LogP contribution in [-0.2, 0) is 4.79 Å². The molecule has 4 rings (SSSR count). The smallest absolute Gasteiger partial charge is 0.260 e. The van der Waals surface area contributed by atoms with Gasteiger partial charge >= 0.3 is 0 Å². The number of hydrogen-bond acceptors (Lipinski definition) is 6. The largest absolute Gasteiger partial charge is 0.497 e. The van der Waals surface area contributed by atoms with Gasteiger partial charge in [-0.3, -0.25) is 4.79 Å². The summed E-state index contributed by atoms with van der Waals surface area (Å²) in [6, 6.07) is 5.99. The predicted octanol–water partition coefficient (Wildman–Crippen LogP) is 2.59. The Morgan fingerprint density at radius 3 is 2.60 bits per heavy atom. The van der Waals surface area contributed by atoms with Crippen LogP contribution in [0.15, 0.2) is 30.6 Å². The lowest BCUT2D eigenvalue weighted by atomic mass is 9.85. The number of piperidine rings is 1. The van der Waals surface area contributed by atoms with Crippen LogP contribution in [-0.4, -0.2) is 64.8 Å². The fourth-order valence-electron chi connectivity index (χ4n) is 4.16. The number of benzene rings is 1. The first-order valence-electron chi connectivity index (χ1n) is 10.0. The lowest BCUT2D eigenvalue weighted by molar-refractivity contribution is -0.134. The van der Waals surface area contributed by atoms with E-state index in [1.54, 1.807) is 36.3 Å². The number of ether oxygens (including phenoxy) is 2. The summed E-state index contributed by atoms with van der Waals surface area (Å²) in [6.45, 7) is 1.13. The van der Waals surface area contributed by atoms with Gasteiger partial charge in [0.05, 0.1) is 7.11 Å². The molecule has 1 aromatic heterocycles. The number of amides is 1. The molecule has 2 aliphatic rings. The molecule has 1 aromatic carbocycles. The first-order valence-corrected chi connectivity index (χ1v) is 10.0. The number of fused-ring (bicyclic) bond motifs is 1. The zero-order valence-electron chi connectivity index (χ0n) is 16.7. The molecule has 162 valence electrons. The molecule has 0 unspecified atom stereocenters. The summed E-state index contributed by atoms with van der Waals surface area (Å²) in [7, 11) is 1.59. The molecular formula is C20H25F2N5O3. The minimum atomic E-state index is -2.49. The van der Waals surface area contributed by atoms with Crippen LogP contribution in [0.4, 0.5) is 14.7 Å². The van der Waals surface area contributed by atoms with E-state index < -0.39 is 12.5 Å². The Balaban J connectivity index is 1.28. The number of rotatable bonds is 6. The van der Waals surface area contributed by atoms with Crippen LogP contribution in [0.25, 0.3) is 0 Å². The Morgan fingerprint density at radius 1 is 1.23 bits per heavy atom. The van der Waals surface area contributed by atoms with Crippen molar-refractivity contribution in [3.63, 3.8) is 0 Å². The van der Waals surface area contributed by atoms with Crippen molar-refractivity contribution in [2.75, 3.05) is 32.1 Å². The summed E-state index contributed by atoms with van der Waals surface area (Å²) in [6.07, 6.45) is 0.593. The van der Waals surface area contributed by atoms with E-state index in [0.717, 1.165) is 18.6 Å².